The second-order valence-electron chi connectivity index (χ2n) is 6.68. The van der Waals surface area contributed by atoms with Gasteiger partial charge in [0.25, 0.3) is 0 Å². The molecule has 0 saturated carbocycles. The van der Waals surface area contributed by atoms with Crippen LogP contribution in [0.4, 0.5) is 0 Å². The minimum Gasteiger partial charge on any atom is -0.497 e. The zero-order valence-electron chi connectivity index (χ0n) is 15.0. The first-order valence-corrected chi connectivity index (χ1v) is 8.68. The van der Waals surface area contributed by atoms with E-state index in [2.05, 4.69) is 5.32 Å². The number of nitrogens with zero attached hydrogens (tertiary/aromatic N) is 1. The van der Waals surface area contributed by atoms with Gasteiger partial charge in [-0.2, -0.15) is 0 Å². The molecule has 5 heteroatoms. The van der Waals surface area contributed by atoms with Crippen molar-refractivity contribution in [2.75, 3.05) is 26.7 Å². The van der Waals surface area contributed by atoms with E-state index in [4.69, 9.17) is 4.74 Å². The van der Waals surface area contributed by atoms with Crippen molar-refractivity contribution in [3.63, 3.8) is 0 Å². The predicted octanol–water partition coefficient (Wildman–Crippen LogP) is 2.42. The Morgan fingerprint density at radius 3 is 2.71 bits per heavy atom. The average molecular weight is 332 g/mol. The third-order valence-corrected chi connectivity index (χ3v) is 4.53. The molecule has 2 amide bonds. The summed E-state index contributed by atoms with van der Waals surface area (Å²) in [4.78, 5) is 26.8. The van der Waals surface area contributed by atoms with Crippen molar-refractivity contribution in [1.82, 2.24) is 10.2 Å². The van der Waals surface area contributed by atoms with Crippen LogP contribution in [0.3, 0.4) is 0 Å². The Kier molecular flexibility index (Phi) is 6.23. The highest BCUT2D eigenvalue weighted by Gasteiger charge is 2.40. The van der Waals surface area contributed by atoms with E-state index < -0.39 is 0 Å². The maximum Gasteiger partial charge on any atom is 0.225 e. The molecule has 1 fully saturated rings. The molecule has 24 heavy (non-hydrogen) atoms. The third kappa shape index (κ3) is 4.08. The molecule has 1 aromatic carbocycles. The quantitative estimate of drug-likeness (QED) is 0.870. The van der Waals surface area contributed by atoms with Gasteiger partial charge >= 0.3 is 0 Å². The fourth-order valence-corrected chi connectivity index (χ4v) is 3.20. The predicted molar refractivity (Wildman–Crippen MR) is 93.9 cm³/mol. The fraction of sp³-hybridized carbons (Fsp3) is 0.579. The van der Waals surface area contributed by atoms with Crippen LogP contribution in [-0.2, 0) is 9.59 Å². The maximum absolute atomic E-state index is 12.6. The standard InChI is InChI=1S/C19H28N2O3/c1-5-9-20-18(22)17-12-21(19(23)13(2)3)11-16(17)14-7-6-8-15(10-14)24-4/h6-8,10,13,16-17H,5,9,11-12H2,1-4H3,(H,20,22). The molecule has 0 aromatic heterocycles. The summed E-state index contributed by atoms with van der Waals surface area (Å²) in [6.45, 7) is 7.55. The van der Waals surface area contributed by atoms with Crippen LogP contribution in [0.15, 0.2) is 24.3 Å². The van der Waals surface area contributed by atoms with Crippen molar-refractivity contribution in [2.45, 2.75) is 33.1 Å². The zero-order chi connectivity index (χ0) is 17.7. The summed E-state index contributed by atoms with van der Waals surface area (Å²) in [6, 6.07) is 7.80. The lowest BCUT2D eigenvalue weighted by molar-refractivity contribution is -0.133. The van der Waals surface area contributed by atoms with E-state index in [1.165, 1.54) is 0 Å². The Hall–Kier alpha value is -2.04. The minimum atomic E-state index is -0.216. The molecular formula is C19H28N2O3. The lowest BCUT2D eigenvalue weighted by atomic mass is 9.88. The van der Waals surface area contributed by atoms with Gasteiger partial charge in [0, 0.05) is 31.5 Å². The zero-order valence-corrected chi connectivity index (χ0v) is 15.0. The summed E-state index contributed by atoms with van der Waals surface area (Å²) >= 11 is 0. The molecule has 2 rings (SSSR count). The van der Waals surface area contributed by atoms with Crippen LogP contribution in [0.25, 0.3) is 0 Å². The highest BCUT2D eigenvalue weighted by molar-refractivity contribution is 5.84. The van der Waals surface area contributed by atoms with E-state index in [0.29, 0.717) is 19.6 Å². The van der Waals surface area contributed by atoms with Crippen molar-refractivity contribution in [1.29, 1.82) is 0 Å². The van der Waals surface area contributed by atoms with Gasteiger partial charge in [-0.1, -0.05) is 32.9 Å². The fourth-order valence-electron chi connectivity index (χ4n) is 3.20. The van der Waals surface area contributed by atoms with E-state index in [0.717, 1.165) is 17.7 Å². The van der Waals surface area contributed by atoms with Crippen molar-refractivity contribution >= 4 is 11.8 Å². The number of benzene rings is 1. The molecule has 1 heterocycles. The Morgan fingerprint density at radius 2 is 2.08 bits per heavy atom. The first-order chi connectivity index (χ1) is 11.5. The first-order valence-electron chi connectivity index (χ1n) is 8.68. The molecule has 1 aliphatic heterocycles. The van der Waals surface area contributed by atoms with Crippen molar-refractivity contribution in [3.8, 4) is 5.75 Å². The van der Waals surface area contributed by atoms with Gasteiger partial charge in [0.2, 0.25) is 11.8 Å². The summed E-state index contributed by atoms with van der Waals surface area (Å²) < 4.78 is 5.31. The van der Waals surface area contributed by atoms with E-state index >= 15 is 0 Å². The summed E-state index contributed by atoms with van der Waals surface area (Å²) in [7, 11) is 1.63. The number of methoxy groups -OCH3 is 1. The summed E-state index contributed by atoms with van der Waals surface area (Å²) in [6.07, 6.45) is 0.900. The van der Waals surface area contributed by atoms with E-state index in [1.54, 1.807) is 7.11 Å². The number of likely N-dealkylation sites (tertiary alicyclic amines) is 1. The van der Waals surface area contributed by atoms with Crippen LogP contribution in [0.2, 0.25) is 0 Å². The molecule has 5 nitrogen and oxygen atoms in total. The van der Waals surface area contributed by atoms with Gasteiger partial charge in [-0.3, -0.25) is 9.59 Å². The Labute approximate surface area is 144 Å². The molecule has 0 bridgehead atoms. The number of rotatable bonds is 6. The van der Waals surface area contributed by atoms with E-state index in [1.807, 2.05) is 49.9 Å². The van der Waals surface area contributed by atoms with Crippen LogP contribution >= 0.6 is 0 Å². The molecule has 0 radical (unpaired) electrons. The van der Waals surface area contributed by atoms with Crippen LogP contribution in [-0.4, -0.2) is 43.5 Å². The Bertz CT molecular complexity index is 586. The first kappa shape index (κ1) is 18.3. The average Bonchev–Trinajstić information content (AvgIpc) is 3.04. The summed E-state index contributed by atoms with van der Waals surface area (Å²) in [5.41, 5.74) is 1.05. The maximum atomic E-state index is 12.6. The van der Waals surface area contributed by atoms with Gasteiger partial charge in [0.05, 0.1) is 13.0 Å². The van der Waals surface area contributed by atoms with Gasteiger partial charge < -0.3 is 15.0 Å². The number of hydrogen-bond donors (Lipinski definition) is 1. The second-order valence-corrected chi connectivity index (χ2v) is 6.68. The minimum absolute atomic E-state index is 0.000318. The molecule has 0 aliphatic carbocycles. The number of hydrogen-bond acceptors (Lipinski definition) is 3. The van der Waals surface area contributed by atoms with Crippen molar-refractivity contribution in [2.24, 2.45) is 11.8 Å². The van der Waals surface area contributed by atoms with E-state index in [-0.39, 0.29) is 29.6 Å². The highest BCUT2D eigenvalue weighted by atomic mass is 16.5. The van der Waals surface area contributed by atoms with Crippen molar-refractivity contribution in [3.05, 3.63) is 29.8 Å². The molecule has 1 saturated heterocycles. The topological polar surface area (TPSA) is 58.6 Å². The molecule has 1 aliphatic rings. The van der Waals surface area contributed by atoms with Crippen LogP contribution in [0, 0.1) is 11.8 Å². The molecule has 1 aromatic rings. The number of ether oxygens (including phenoxy) is 1. The number of amides is 2. The van der Waals surface area contributed by atoms with Gasteiger partial charge in [-0.15, -0.1) is 0 Å². The molecule has 132 valence electrons. The van der Waals surface area contributed by atoms with Crippen LogP contribution < -0.4 is 10.1 Å². The second kappa shape index (κ2) is 8.18. The lowest BCUT2D eigenvalue weighted by Crippen LogP contribution is -2.36. The number of carbonyl (C=O) groups excluding carboxylic acids is 2. The van der Waals surface area contributed by atoms with Crippen LogP contribution in [0.5, 0.6) is 5.75 Å². The SMILES string of the molecule is CCCNC(=O)C1CN(C(=O)C(C)C)CC1c1cccc(OC)c1. The molecule has 1 N–H and O–H groups in total. The largest absolute Gasteiger partial charge is 0.497 e. The summed E-state index contributed by atoms with van der Waals surface area (Å²) in [5.74, 6) is 0.630. The monoisotopic (exact) mass is 332 g/mol. The number of carbonyl (C=O) groups is 2. The molecule has 0 spiro atoms. The van der Waals surface area contributed by atoms with Crippen molar-refractivity contribution < 1.29 is 14.3 Å². The number of nitrogens with one attached hydrogen (secondary N) is 1. The molecular weight excluding hydrogens is 304 g/mol. The van der Waals surface area contributed by atoms with Gasteiger partial charge in [0.15, 0.2) is 0 Å². The van der Waals surface area contributed by atoms with Crippen LogP contribution in [0.1, 0.15) is 38.7 Å². The van der Waals surface area contributed by atoms with E-state index in [9.17, 15) is 9.59 Å². The van der Waals surface area contributed by atoms with Gasteiger partial charge in [-0.05, 0) is 24.1 Å². The molecule has 2 atom stereocenters. The summed E-state index contributed by atoms with van der Waals surface area (Å²) in [5, 5.41) is 2.98. The Morgan fingerprint density at radius 1 is 1.33 bits per heavy atom. The molecule has 2 unspecified atom stereocenters. The lowest BCUT2D eigenvalue weighted by Gasteiger charge is -2.19. The highest BCUT2D eigenvalue weighted by Crippen LogP contribution is 2.35. The third-order valence-electron chi connectivity index (χ3n) is 4.53. The van der Waals surface area contributed by atoms with Gasteiger partial charge in [-0.25, -0.2) is 0 Å². The smallest absolute Gasteiger partial charge is 0.225 e. The normalized spacial score (nSPS) is 20.3. The Balaban J connectivity index is 2.25. The van der Waals surface area contributed by atoms with Gasteiger partial charge in [0.1, 0.15) is 5.75 Å².